The van der Waals surface area contributed by atoms with Crippen LogP contribution >= 0.6 is 0 Å². The van der Waals surface area contributed by atoms with Gasteiger partial charge in [0.25, 0.3) is 0 Å². The Bertz CT molecular complexity index is 558. The van der Waals surface area contributed by atoms with Gasteiger partial charge in [0.15, 0.2) is 0 Å². The van der Waals surface area contributed by atoms with Crippen LogP contribution in [0.4, 0.5) is 0 Å². The van der Waals surface area contributed by atoms with Gasteiger partial charge in [-0.05, 0) is 30.0 Å². The standard InChI is InChI=1S/C17H23NO3/c1-18(9-10-20-2)12-16(19)13-21-17-8-7-14-5-3-4-6-15(14)11-17/h3-8,11,16,19H,9-10,12-13H2,1-2H3. The molecule has 114 valence electrons. The van der Waals surface area contributed by atoms with Crippen molar-refractivity contribution < 1.29 is 14.6 Å². The molecule has 0 fully saturated rings. The molecule has 0 aliphatic carbocycles. The highest BCUT2D eigenvalue weighted by molar-refractivity contribution is 5.83. The van der Waals surface area contributed by atoms with Gasteiger partial charge in [0.1, 0.15) is 18.5 Å². The van der Waals surface area contributed by atoms with Crippen LogP contribution < -0.4 is 4.74 Å². The highest BCUT2D eigenvalue weighted by Crippen LogP contribution is 2.20. The lowest BCUT2D eigenvalue weighted by Crippen LogP contribution is -2.34. The van der Waals surface area contributed by atoms with E-state index >= 15 is 0 Å². The molecule has 0 radical (unpaired) electrons. The average molecular weight is 289 g/mol. The molecule has 0 aliphatic rings. The van der Waals surface area contributed by atoms with Gasteiger partial charge < -0.3 is 19.5 Å². The fraction of sp³-hybridized carbons (Fsp3) is 0.412. The van der Waals surface area contributed by atoms with Gasteiger partial charge in [-0.15, -0.1) is 0 Å². The predicted octanol–water partition coefficient (Wildman–Crippen LogP) is 2.16. The van der Waals surface area contributed by atoms with E-state index in [1.54, 1.807) is 7.11 Å². The highest BCUT2D eigenvalue weighted by Gasteiger charge is 2.09. The van der Waals surface area contributed by atoms with E-state index in [0.29, 0.717) is 13.2 Å². The molecule has 0 spiro atoms. The van der Waals surface area contributed by atoms with Crippen molar-refractivity contribution >= 4 is 10.8 Å². The summed E-state index contributed by atoms with van der Waals surface area (Å²) in [7, 11) is 3.63. The average Bonchev–Trinajstić information content (AvgIpc) is 2.50. The van der Waals surface area contributed by atoms with Crippen LogP contribution in [0.25, 0.3) is 10.8 Å². The molecule has 1 N–H and O–H groups in total. The van der Waals surface area contributed by atoms with Crippen molar-refractivity contribution in [3.63, 3.8) is 0 Å². The Morgan fingerprint density at radius 1 is 1.14 bits per heavy atom. The van der Waals surface area contributed by atoms with Gasteiger partial charge in [0.05, 0.1) is 6.61 Å². The molecule has 2 aromatic carbocycles. The summed E-state index contributed by atoms with van der Waals surface area (Å²) in [6.07, 6.45) is -0.515. The van der Waals surface area contributed by atoms with Crippen molar-refractivity contribution in [1.82, 2.24) is 4.90 Å². The number of aliphatic hydroxyl groups excluding tert-OH is 1. The molecule has 21 heavy (non-hydrogen) atoms. The Hall–Kier alpha value is -1.62. The van der Waals surface area contributed by atoms with Crippen LogP contribution in [-0.2, 0) is 4.74 Å². The lowest BCUT2D eigenvalue weighted by Gasteiger charge is -2.20. The minimum Gasteiger partial charge on any atom is -0.491 e. The number of benzene rings is 2. The van der Waals surface area contributed by atoms with Crippen LogP contribution in [0.1, 0.15) is 0 Å². The van der Waals surface area contributed by atoms with Crippen LogP contribution in [0.5, 0.6) is 5.75 Å². The topological polar surface area (TPSA) is 41.9 Å². The molecule has 1 unspecified atom stereocenters. The molecule has 0 saturated heterocycles. The van der Waals surface area contributed by atoms with Crippen LogP contribution in [0.3, 0.4) is 0 Å². The zero-order chi connectivity index (χ0) is 15.1. The van der Waals surface area contributed by atoms with Crippen molar-refractivity contribution in [1.29, 1.82) is 0 Å². The van der Waals surface area contributed by atoms with E-state index in [1.165, 1.54) is 5.39 Å². The lowest BCUT2D eigenvalue weighted by atomic mass is 10.1. The number of hydrogen-bond donors (Lipinski definition) is 1. The maximum atomic E-state index is 9.99. The second kappa shape index (κ2) is 7.98. The van der Waals surface area contributed by atoms with Crippen LogP contribution in [0, 0.1) is 0 Å². The Kier molecular flexibility index (Phi) is 5.99. The molecule has 0 heterocycles. The minimum absolute atomic E-state index is 0.287. The lowest BCUT2D eigenvalue weighted by molar-refractivity contribution is 0.0668. The molecule has 2 aromatic rings. The first-order valence-electron chi connectivity index (χ1n) is 7.16. The molecule has 0 bridgehead atoms. The summed E-state index contributed by atoms with van der Waals surface area (Å²) >= 11 is 0. The predicted molar refractivity (Wildman–Crippen MR) is 84.8 cm³/mol. The first-order chi connectivity index (χ1) is 10.2. The molecule has 0 aromatic heterocycles. The fourth-order valence-electron chi connectivity index (χ4n) is 2.20. The Labute approximate surface area is 125 Å². The van der Waals surface area contributed by atoms with Gasteiger partial charge in [0.2, 0.25) is 0 Å². The molecule has 1 atom stereocenters. The van der Waals surface area contributed by atoms with Crippen molar-refractivity contribution in [2.75, 3.05) is 40.5 Å². The quantitative estimate of drug-likeness (QED) is 0.808. The molecule has 4 nitrogen and oxygen atoms in total. The second-order valence-electron chi connectivity index (χ2n) is 5.23. The third kappa shape index (κ3) is 5.01. The van der Waals surface area contributed by atoms with E-state index in [4.69, 9.17) is 9.47 Å². The number of hydrogen-bond acceptors (Lipinski definition) is 4. The summed E-state index contributed by atoms with van der Waals surface area (Å²) in [4.78, 5) is 2.03. The number of fused-ring (bicyclic) bond motifs is 1. The largest absolute Gasteiger partial charge is 0.491 e. The smallest absolute Gasteiger partial charge is 0.120 e. The summed E-state index contributed by atoms with van der Waals surface area (Å²) in [5, 5.41) is 12.3. The second-order valence-corrected chi connectivity index (χ2v) is 5.23. The molecule has 4 heteroatoms. The minimum atomic E-state index is -0.515. The van der Waals surface area contributed by atoms with Gasteiger partial charge in [-0.3, -0.25) is 0 Å². The Balaban J connectivity index is 1.83. The highest BCUT2D eigenvalue weighted by atomic mass is 16.5. The maximum absolute atomic E-state index is 9.99. The molecular formula is C17H23NO3. The summed E-state index contributed by atoms with van der Waals surface area (Å²) in [5.74, 6) is 0.785. The first-order valence-corrected chi connectivity index (χ1v) is 7.16. The zero-order valence-electron chi connectivity index (χ0n) is 12.7. The SMILES string of the molecule is COCCN(C)CC(O)COc1ccc2ccccc2c1. The summed E-state index contributed by atoms with van der Waals surface area (Å²) in [6, 6.07) is 14.1. The molecule has 0 aliphatic heterocycles. The number of rotatable bonds is 8. The third-order valence-electron chi connectivity index (χ3n) is 3.36. The molecular weight excluding hydrogens is 266 g/mol. The Morgan fingerprint density at radius 3 is 2.67 bits per heavy atom. The van der Waals surface area contributed by atoms with Gasteiger partial charge in [-0.25, -0.2) is 0 Å². The van der Waals surface area contributed by atoms with Gasteiger partial charge in [-0.2, -0.15) is 0 Å². The van der Waals surface area contributed by atoms with Gasteiger partial charge in [-0.1, -0.05) is 30.3 Å². The summed E-state index contributed by atoms with van der Waals surface area (Å²) in [6.45, 7) is 2.31. The zero-order valence-corrected chi connectivity index (χ0v) is 12.7. The van der Waals surface area contributed by atoms with Crippen molar-refractivity contribution in [3.8, 4) is 5.75 Å². The van der Waals surface area contributed by atoms with E-state index < -0.39 is 6.10 Å². The van der Waals surface area contributed by atoms with E-state index in [1.807, 2.05) is 42.3 Å². The maximum Gasteiger partial charge on any atom is 0.120 e. The Morgan fingerprint density at radius 2 is 1.90 bits per heavy atom. The van der Waals surface area contributed by atoms with Crippen molar-refractivity contribution in [2.24, 2.45) is 0 Å². The molecule has 0 saturated carbocycles. The number of ether oxygens (including phenoxy) is 2. The number of methoxy groups -OCH3 is 1. The van der Waals surface area contributed by atoms with Gasteiger partial charge in [0, 0.05) is 20.2 Å². The van der Waals surface area contributed by atoms with Crippen LogP contribution in [-0.4, -0.2) is 56.6 Å². The third-order valence-corrected chi connectivity index (χ3v) is 3.36. The van der Waals surface area contributed by atoms with Gasteiger partial charge >= 0.3 is 0 Å². The summed E-state index contributed by atoms with van der Waals surface area (Å²) < 4.78 is 10.7. The van der Waals surface area contributed by atoms with E-state index in [9.17, 15) is 5.11 Å². The fourth-order valence-corrected chi connectivity index (χ4v) is 2.20. The number of likely N-dealkylation sites (N-methyl/N-ethyl adjacent to an activating group) is 1. The first kappa shape index (κ1) is 15.8. The van der Waals surface area contributed by atoms with E-state index in [0.717, 1.165) is 17.7 Å². The molecule has 0 amide bonds. The van der Waals surface area contributed by atoms with Crippen molar-refractivity contribution in [2.45, 2.75) is 6.10 Å². The monoisotopic (exact) mass is 289 g/mol. The summed E-state index contributed by atoms with van der Waals surface area (Å²) in [5.41, 5.74) is 0. The van der Waals surface area contributed by atoms with E-state index in [-0.39, 0.29) is 6.61 Å². The van der Waals surface area contributed by atoms with Crippen LogP contribution in [0.15, 0.2) is 42.5 Å². The van der Waals surface area contributed by atoms with Crippen LogP contribution in [0.2, 0.25) is 0 Å². The van der Waals surface area contributed by atoms with E-state index in [2.05, 4.69) is 12.1 Å². The molecule has 2 rings (SSSR count). The number of aliphatic hydroxyl groups is 1. The van der Waals surface area contributed by atoms with Crippen molar-refractivity contribution in [3.05, 3.63) is 42.5 Å². The number of nitrogens with zero attached hydrogens (tertiary/aromatic N) is 1. The normalized spacial score (nSPS) is 12.8.